The van der Waals surface area contributed by atoms with Gasteiger partial charge in [-0.15, -0.1) is 0 Å². The minimum atomic E-state index is -3.76. The van der Waals surface area contributed by atoms with Crippen LogP contribution in [-0.4, -0.2) is 49.5 Å². The van der Waals surface area contributed by atoms with Crippen LogP contribution in [0.3, 0.4) is 0 Å². The zero-order valence-corrected chi connectivity index (χ0v) is 21.0. The van der Waals surface area contributed by atoms with Gasteiger partial charge in [-0.1, -0.05) is 29.0 Å². The zero-order valence-electron chi connectivity index (χ0n) is 18.6. The molecule has 1 aromatic heterocycles. The molecule has 0 radical (unpaired) electrons. The topological polar surface area (TPSA) is 81.0 Å². The van der Waals surface area contributed by atoms with Crippen LogP contribution in [0.4, 0.5) is 4.39 Å². The molecule has 1 aliphatic heterocycles. The number of benzene rings is 2. The SMILES string of the molecule is CCOCCn1c(=NC(=O)C2CCCN(S(=O)(=O)c3ccc(Cl)cc3)C2)sc2cccc(F)c21. The summed E-state index contributed by atoms with van der Waals surface area (Å²) in [5, 5.41) is 0.446. The van der Waals surface area contributed by atoms with E-state index in [2.05, 4.69) is 4.99 Å². The molecule has 0 saturated carbocycles. The molecule has 1 fully saturated rings. The van der Waals surface area contributed by atoms with Crippen LogP contribution in [-0.2, 0) is 26.1 Å². The van der Waals surface area contributed by atoms with Crippen molar-refractivity contribution >= 4 is 49.1 Å². The third kappa shape index (κ3) is 5.26. The fourth-order valence-electron chi connectivity index (χ4n) is 3.98. The van der Waals surface area contributed by atoms with E-state index < -0.39 is 27.7 Å². The molecule has 0 spiro atoms. The molecule has 182 valence electrons. The average Bonchev–Trinajstić information content (AvgIpc) is 3.18. The first-order valence-electron chi connectivity index (χ1n) is 11.0. The molecule has 1 amide bonds. The van der Waals surface area contributed by atoms with Crippen molar-refractivity contribution < 1.29 is 22.3 Å². The Kier molecular flexibility index (Phi) is 7.83. The quantitative estimate of drug-likeness (QED) is 0.436. The van der Waals surface area contributed by atoms with Gasteiger partial charge >= 0.3 is 0 Å². The fourth-order valence-corrected chi connectivity index (χ4v) is 6.71. The molecule has 1 atom stereocenters. The highest BCUT2D eigenvalue weighted by molar-refractivity contribution is 7.89. The lowest BCUT2D eigenvalue weighted by molar-refractivity contribution is -0.122. The van der Waals surface area contributed by atoms with Crippen molar-refractivity contribution in [1.29, 1.82) is 0 Å². The van der Waals surface area contributed by atoms with Gasteiger partial charge in [0.15, 0.2) is 4.80 Å². The van der Waals surface area contributed by atoms with E-state index in [1.165, 1.54) is 46.0 Å². The number of para-hydroxylation sites is 1. The Hall–Kier alpha value is -2.11. The van der Waals surface area contributed by atoms with Gasteiger partial charge in [0.2, 0.25) is 10.0 Å². The second kappa shape index (κ2) is 10.7. The highest BCUT2D eigenvalue weighted by Crippen LogP contribution is 2.26. The minimum absolute atomic E-state index is 0.0471. The van der Waals surface area contributed by atoms with Gasteiger partial charge in [0, 0.05) is 31.3 Å². The molecular formula is C23H25ClFN3O4S2. The number of ether oxygens (including phenoxy) is 1. The van der Waals surface area contributed by atoms with Crippen LogP contribution in [0, 0.1) is 11.7 Å². The van der Waals surface area contributed by atoms with Crippen molar-refractivity contribution in [1.82, 2.24) is 8.87 Å². The van der Waals surface area contributed by atoms with E-state index in [9.17, 15) is 17.6 Å². The summed E-state index contributed by atoms with van der Waals surface area (Å²) >= 11 is 7.11. The number of nitrogens with zero attached hydrogens (tertiary/aromatic N) is 3. The Morgan fingerprint density at radius 1 is 1.26 bits per heavy atom. The molecule has 3 aromatic rings. The monoisotopic (exact) mass is 525 g/mol. The molecule has 2 aromatic carbocycles. The predicted molar refractivity (Wildman–Crippen MR) is 130 cm³/mol. The Bertz CT molecular complexity index is 1350. The Labute approximate surface area is 206 Å². The molecule has 1 aliphatic rings. The van der Waals surface area contributed by atoms with Crippen molar-refractivity contribution in [3.05, 3.63) is 58.1 Å². The van der Waals surface area contributed by atoms with Gasteiger partial charge in [0.05, 0.1) is 27.6 Å². The van der Waals surface area contributed by atoms with Gasteiger partial charge in [-0.25, -0.2) is 12.8 Å². The number of carbonyl (C=O) groups is 1. The predicted octanol–water partition coefficient (Wildman–Crippen LogP) is 4.06. The summed E-state index contributed by atoms with van der Waals surface area (Å²) in [5.41, 5.74) is 0.384. The maximum Gasteiger partial charge on any atom is 0.252 e. The summed E-state index contributed by atoms with van der Waals surface area (Å²) in [4.78, 5) is 18.0. The molecule has 0 aliphatic carbocycles. The van der Waals surface area contributed by atoms with Gasteiger partial charge < -0.3 is 9.30 Å². The Balaban J connectivity index is 1.62. The smallest absolute Gasteiger partial charge is 0.252 e. The van der Waals surface area contributed by atoms with Crippen molar-refractivity contribution in [3.8, 4) is 0 Å². The maximum atomic E-state index is 14.6. The van der Waals surface area contributed by atoms with Crippen molar-refractivity contribution in [2.45, 2.75) is 31.2 Å². The van der Waals surface area contributed by atoms with Gasteiger partial charge in [0.25, 0.3) is 5.91 Å². The van der Waals surface area contributed by atoms with E-state index in [4.69, 9.17) is 16.3 Å². The van der Waals surface area contributed by atoms with Crippen molar-refractivity contribution in [3.63, 3.8) is 0 Å². The number of sulfonamides is 1. The van der Waals surface area contributed by atoms with E-state index >= 15 is 0 Å². The first kappa shape index (κ1) is 25.0. The third-order valence-electron chi connectivity index (χ3n) is 5.71. The summed E-state index contributed by atoms with van der Waals surface area (Å²) in [6, 6.07) is 10.7. The number of carbonyl (C=O) groups excluding carboxylic acids is 1. The fraction of sp³-hybridized carbons (Fsp3) is 0.391. The summed E-state index contributed by atoms with van der Waals surface area (Å²) in [5.74, 6) is -1.38. The van der Waals surface area contributed by atoms with E-state index in [0.717, 1.165) is 0 Å². The molecular weight excluding hydrogens is 501 g/mol. The van der Waals surface area contributed by atoms with E-state index in [0.29, 0.717) is 59.2 Å². The van der Waals surface area contributed by atoms with Crippen molar-refractivity contribution in [2.75, 3.05) is 26.3 Å². The van der Waals surface area contributed by atoms with E-state index in [1.54, 1.807) is 16.7 Å². The number of aromatic nitrogens is 1. The number of hydrogen-bond acceptors (Lipinski definition) is 5. The summed E-state index contributed by atoms with van der Waals surface area (Å²) < 4.78 is 49.8. The third-order valence-corrected chi connectivity index (χ3v) is 8.88. The van der Waals surface area contributed by atoms with Crippen LogP contribution in [0.1, 0.15) is 19.8 Å². The van der Waals surface area contributed by atoms with Crippen LogP contribution in [0.5, 0.6) is 0 Å². The maximum absolute atomic E-state index is 14.6. The standard InChI is InChI=1S/C23H25ClFN3O4S2/c1-2-32-14-13-28-21-19(25)6-3-7-20(21)33-23(28)26-22(29)16-5-4-12-27(15-16)34(30,31)18-10-8-17(24)9-11-18/h3,6-11,16H,2,4-5,12-15H2,1H3. The molecule has 1 saturated heterocycles. The lowest BCUT2D eigenvalue weighted by Gasteiger charge is -2.30. The molecule has 0 bridgehead atoms. The van der Waals surface area contributed by atoms with Crippen LogP contribution < -0.4 is 4.80 Å². The van der Waals surface area contributed by atoms with E-state index in [1.807, 2.05) is 6.92 Å². The zero-order chi connectivity index (χ0) is 24.3. The van der Waals surface area contributed by atoms with Crippen molar-refractivity contribution in [2.24, 2.45) is 10.9 Å². The van der Waals surface area contributed by atoms with Gasteiger partial charge in [0.1, 0.15) is 5.82 Å². The molecule has 34 heavy (non-hydrogen) atoms. The number of halogens is 2. The lowest BCUT2D eigenvalue weighted by Crippen LogP contribution is -2.42. The minimum Gasteiger partial charge on any atom is -0.380 e. The van der Waals surface area contributed by atoms with Crippen LogP contribution in [0.2, 0.25) is 5.02 Å². The number of rotatable bonds is 7. The normalized spacial score (nSPS) is 18.0. The summed E-state index contributed by atoms with van der Waals surface area (Å²) in [7, 11) is -3.76. The van der Waals surface area contributed by atoms with Crippen LogP contribution in [0.25, 0.3) is 10.2 Å². The highest BCUT2D eigenvalue weighted by atomic mass is 35.5. The second-order valence-corrected chi connectivity index (χ2v) is 11.3. The number of piperidine rings is 1. The second-order valence-electron chi connectivity index (χ2n) is 7.93. The molecule has 4 rings (SSSR count). The summed E-state index contributed by atoms with van der Waals surface area (Å²) in [6.45, 7) is 3.48. The molecule has 7 nitrogen and oxygen atoms in total. The van der Waals surface area contributed by atoms with Gasteiger partial charge in [-0.05, 0) is 56.2 Å². The lowest BCUT2D eigenvalue weighted by atomic mass is 9.99. The number of hydrogen-bond donors (Lipinski definition) is 0. The Morgan fingerprint density at radius 3 is 2.76 bits per heavy atom. The molecule has 1 unspecified atom stereocenters. The number of thiazole rings is 1. The molecule has 2 heterocycles. The van der Waals surface area contributed by atoms with Crippen LogP contribution >= 0.6 is 22.9 Å². The van der Waals surface area contributed by atoms with Gasteiger partial charge in [-0.2, -0.15) is 9.30 Å². The first-order valence-corrected chi connectivity index (χ1v) is 13.6. The largest absolute Gasteiger partial charge is 0.380 e. The Morgan fingerprint density at radius 2 is 2.03 bits per heavy atom. The number of fused-ring (bicyclic) bond motifs is 1. The van der Waals surface area contributed by atoms with E-state index in [-0.39, 0.29) is 11.4 Å². The average molecular weight is 526 g/mol. The van der Waals surface area contributed by atoms with Crippen LogP contribution in [0.15, 0.2) is 52.4 Å². The highest BCUT2D eigenvalue weighted by Gasteiger charge is 2.33. The summed E-state index contributed by atoms with van der Waals surface area (Å²) in [6.07, 6.45) is 1.08. The first-order chi connectivity index (χ1) is 16.3. The molecule has 11 heteroatoms. The van der Waals surface area contributed by atoms with Gasteiger partial charge in [-0.3, -0.25) is 4.79 Å². The number of amides is 1. The molecule has 0 N–H and O–H groups in total.